The molecule has 0 radical (unpaired) electrons. The van der Waals surface area contributed by atoms with Crippen LogP contribution in [-0.2, 0) is 34.3 Å². The average Bonchev–Trinajstić information content (AvgIpc) is 2.79. The van der Waals surface area contributed by atoms with Gasteiger partial charge in [0, 0.05) is 26.7 Å². The minimum atomic E-state index is -0.217. The Kier molecular flexibility index (Phi) is 5.14. The van der Waals surface area contributed by atoms with Gasteiger partial charge in [-0.25, -0.2) is 0 Å². The fourth-order valence-electron chi connectivity index (χ4n) is 2.44. The first-order valence-electron chi connectivity index (χ1n) is 7.05. The van der Waals surface area contributed by atoms with Crippen LogP contribution in [0.25, 0.3) is 0 Å². The van der Waals surface area contributed by atoms with Crippen molar-refractivity contribution in [3.05, 3.63) is 17.5 Å². The number of carbonyl (C=O) groups excluding carboxylic acids is 1. The molecule has 1 fully saturated rings. The number of morpholine rings is 1. The minimum Gasteiger partial charge on any atom is -0.469 e. The lowest BCUT2D eigenvalue weighted by Gasteiger charge is -2.32. The Morgan fingerprint density at radius 3 is 3.05 bits per heavy atom. The van der Waals surface area contributed by atoms with Gasteiger partial charge in [0.05, 0.1) is 37.6 Å². The molecule has 2 heterocycles. The third-order valence-corrected chi connectivity index (χ3v) is 3.62. The van der Waals surface area contributed by atoms with Gasteiger partial charge >= 0.3 is 5.97 Å². The standard InChI is InChI=1S/C14H23N3O3/c1-4-11-7-12(16(2)15-11)9-17-5-6-20-13(10-17)8-14(18)19-3/h7,13H,4-6,8-10H2,1-3H3. The molecular weight excluding hydrogens is 258 g/mol. The van der Waals surface area contributed by atoms with Gasteiger partial charge in [0.2, 0.25) is 0 Å². The molecule has 1 aliphatic rings. The van der Waals surface area contributed by atoms with Crippen LogP contribution >= 0.6 is 0 Å². The van der Waals surface area contributed by atoms with Gasteiger partial charge in [0.25, 0.3) is 0 Å². The molecule has 0 spiro atoms. The van der Waals surface area contributed by atoms with Crippen LogP contribution < -0.4 is 0 Å². The Bertz CT molecular complexity index is 459. The van der Waals surface area contributed by atoms with Crippen LogP contribution in [0.5, 0.6) is 0 Å². The maximum absolute atomic E-state index is 11.3. The Hall–Kier alpha value is -1.40. The third-order valence-electron chi connectivity index (χ3n) is 3.62. The largest absolute Gasteiger partial charge is 0.469 e. The quantitative estimate of drug-likeness (QED) is 0.745. The van der Waals surface area contributed by atoms with Crippen LogP contribution in [0.2, 0.25) is 0 Å². The Morgan fingerprint density at radius 1 is 1.60 bits per heavy atom. The highest BCUT2D eigenvalue weighted by Gasteiger charge is 2.24. The van der Waals surface area contributed by atoms with Crippen LogP contribution in [0.3, 0.4) is 0 Å². The topological polar surface area (TPSA) is 56.6 Å². The summed E-state index contributed by atoms with van der Waals surface area (Å²) in [5, 5.41) is 4.46. The van der Waals surface area contributed by atoms with Gasteiger partial charge in [-0.2, -0.15) is 5.10 Å². The number of ether oxygens (including phenoxy) is 2. The molecule has 1 aliphatic heterocycles. The first kappa shape index (κ1) is 15.0. The van der Waals surface area contributed by atoms with E-state index in [1.165, 1.54) is 12.8 Å². The van der Waals surface area contributed by atoms with E-state index in [1.54, 1.807) is 0 Å². The molecule has 0 aromatic carbocycles. The summed E-state index contributed by atoms with van der Waals surface area (Å²) >= 11 is 0. The molecule has 6 heteroatoms. The van der Waals surface area contributed by atoms with E-state index >= 15 is 0 Å². The molecule has 1 aromatic rings. The van der Waals surface area contributed by atoms with Crippen molar-refractivity contribution in [3.63, 3.8) is 0 Å². The summed E-state index contributed by atoms with van der Waals surface area (Å²) in [7, 11) is 3.38. The van der Waals surface area contributed by atoms with Gasteiger partial charge in [-0.05, 0) is 12.5 Å². The van der Waals surface area contributed by atoms with E-state index in [0.29, 0.717) is 13.0 Å². The fraction of sp³-hybridized carbons (Fsp3) is 0.714. The number of hydrogen-bond donors (Lipinski definition) is 0. The highest BCUT2D eigenvalue weighted by Crippen LogP contribution is 2.14. The summed E-state index contributed by atoms with van der Waals surface area (Å²) < 4.78 is 12.2. The summed E-state index contributed by atoms with van der Waals surface area (Å²) in [4.78, 5) is 13.6. The van der Waals surface area contributed by atoms with E-state index in [9.17, 15) is 4.79 Å². The summed E-state index contributed by atoms with van der Waals surface area (Å²) in [6, 6.07) is 2.14. The zero-order valence-electron chi connectivity index (χ0n) is 12.5. The number of esters is 1. The summed E-state index contributed by atoms with van der Waals surface area (Å²) in [5.41, 5.74) is 2.31. The molecule has 1 saturated heterocycles. The zero-order valence-corrected chi connectivity index (χ0v) is 12.5. The van der Waals surface area contributed by atoms with Gasteiger partial charge in [-0.15, -0.1) is 0 Å². The predicted octanol–water partition coefficient (Wildman–Crippen LogP) is 0.746. The molecule has 6 nitrogen and oxygen atoms in total. The number of methoxy groups -OCH3 is 1. The third kappa shape index (κ3) is 3.80. The lowest BCUT2D eigenvalue weighted by molar-refractivity contribution is -0.145. The van der Waals surface area contributed by atoms with Crippen molar-refractivity contribution in [2.45, 2.75) is 32.4 Å². The van der Waals surface area contributed by atoms with Crippen molar-refractivity contribution in [1.82, 2.24) is 14.7 Å². The summed E-state index contributed by atoms with van der Waals surface area (Å²) in [6.07, 6.45) is 1.19. The lowest BCUT2D eigenvalue weighted by Crippen LogP contribution is -2.43. The molecule has 0 N–H and O–H groups in total. The second-order valence-electron chi connectivity index (χ2n) is 5.11. The number of hydrogen-bond acceptors (Lipinski definition) is 5. The van der Waals surface area contributed by atoms with E-state index in [0.717, 1.165) is 31.7 Å². The van der Waals surface area contributed by atoms with Gasteiger partial charge in [0.15, 0.2) is 0 Å². The first-order valence-corrected chi connectivity index (χ1v) is 7.05. The van der Waals surface area contributed by atoms with E-state index in [-0.39, 0.29) is 12.1 Å². The number of rotatable bonds is 5. The van der Waals surface area contributed by atoms with Crippen LogP contribution in [0.15, 0.2) is 6.07 Å². The van der Waals surface area contributed by atoms with Gasteiger partial charge in [-0.3, -0.25) is 14.4 Å². The Morgan fingerprint density at radius 2 is 2.40 bits per heavy atom. The molecule has 0 saturated carbocycles. The summed E-state index contributed by atoms with van der Waals surface area (Å²) in [6.45, 7) is 5.23. The maximum Gasteiger partial charge on any atom is 0.308 e. The maximum atomic E-state index is 11.3. The second kappa shape index (κ2) is 6.85. The number of nitrogens with zero attached hydrogens (tertiary/aromatic N) is 3. The van der Waals surface area contributed by atoms with Crippen LogP contribution in [0.1, 0.15) is 24.7 Å². The molecule has 0 aliphatic carbocycles. The molecule has 1 unspecified atom stereocenters. The molecule has 0 amide bonds. The van der Waals surface area contributed by atoms with Crippen molar-refractivity contribution in [2.75, 3.05) is 26.8 Å². The molecular formula is C14H23N3O3. The van der Waals surface area contributed by atoms with Gasteiger partial charge in [0.1, 0.15) is 0 Å². The van der Waals surface area contributed by atoms with E-state index < -0.39 is 0 Å². The Labute approximate surface area is 119 Å². The first-order chi connectivity index (χ1) is 9.62. The van der Waals surface area contributed by atoms with E-state index in [4.69, 9.17) is 9.47 Å². The zero-order chi connectivity index (χ0) is 14.5. The highest BCUT2D eigenvalue weighted by molar-refractivity contribution is 5.69. The Balaban J connectivity index is 1.92. The molecule has 1 atom stereocenters. The van der Waals surface area contributed by atoms with Crippen molar-refractivity contribution >= 4 is 5.97 Å². The van der Waals surface area contributed by atoms with Gasteiger partial charge < -0.3 is 9.47 Å². The minimum absolute atomic E-state index is 0.0740. The van der Waals surface area contributed by atoms with Crippen LogP contribution in [0, 0.1) is 0 Å². The molecule has 20 heavy (non-hydrogen) atoms. The van der Waals surface area contributed by atoms with Crippen molar-refractivity contribution < 1.29 is 14.3 Å². The lowest BCUT2D eigenvalue weighted by atomic mass is 10.2. The van der Waals surface area contributed by atoms with E-state index in [1.807, 2.05) is 11.7 Å². The second-order valence-corrected chi connectivity index (χ2v) is 5.11. The van der Waals surface area contributed by atoms with Crippen molar-refractivity contribution in [2.24, 2.45) is 7.05 Å². The molecule has 112 valence electrons. The smallest absolute Gasteiger partial charge is 0.308 e. The normalized spacial score (nSPS) is 20.1. The summed E-state index contributed by atoms with van der Waals surface area (Å²) in [5.74, 6) is -0.217. The fourth-order valence-corrected chi connectivity index (χ4v) is 2.44. The number of carbonyl (C=O) groups is 1. The average molecular weight is 281 g/mol. The molecule has 1 aromatic heterocycles. The SMILES string of the molecule is CCc1cc(CN2CCOC(CC(=O)OC)C2)n(C)n1. The van der Waals surface area contributed by atoms with Crippen LogP contribution in [-0.4, -0.2) is 53.6 Å². The molecule has 0 bridgehead atoms. The monoisotopic (exact) mass is 281 g/mol. The number of aryl methyl sites for hydroxylation is 2. The van der Waals surface area contributed by atoms with E-state index in [2.05, 4.69) is 23.0 Å². The molecule has 2 rings (SSSR count). The van der Waals surface area contributed by atoms with Crippen molar-refractivity contribution in [3.8, 4) is 0 Å². The highest BCUT2D eigenvalue weighted by atomic mass is 16.5. The predicted molar refractivity (Wildman–Crippen MR) is 74.2 cm³/mol. The van der Waals surface area contributed by atoms with Gasteiger partial charge in [-0.1, -0.05) is 6.92 Å². The van der Waals surface area contributed by atoms with Crippen LogP contribution in [0.4, 0.5) is 0 Å². The number of aromatic nitrogens is 2. The van der Waals surface area contributed by atoms with Crippen molar-refractivity contribution in [1.29, 1.82) is 0 Å².